The van der Waals surface area contributed by atoms with E-state index in [1.165, 1.54) is 5.69 Å². The number of nitrogens with zero attached hydrogens (tertiary/aromatic N) is 2. The molecule has 1 heterocycles. The molecule has 1 aliphatic heterocycles. The van der Waals surface area contributed by atoms with Crippen molar-refractivity contribution in [2.24, 2.45) is 0 Å². The van der Waals surface area contributed by atoms with Gasteiger partial charge >= 0.3 is 0 Å². The van der Waals surface area contributed by atoms with Crippen molar-refractivity contribution in [3.63, 3.8) is 0 Å². The van der Waals surface area contributed by atoms with Crippen LogP contribution in [-0.2, 0) is 0 Å². The summed E-state index contributed by atoms with van der Waals surface area (Å²) in [5.74, 6) is 0. The lowest BCUT2D eigenvalue weighted by Gasteiger charge is -2.34. The highest BCUT2D eigenvalue weighted by Gasteiger charge is 2.17. The molecule has 0 amide bonds. The number of rotatable bonds is 3. The molecule has 0 aromatic heterocycles. The zero-order chi connectivity index (χ0) is 12.3. The summed E-state index contributed by atoms with van der Waals surface area (Å²) in [6.45, 7) is 4.32. The third-order valence-electron chi connectivity index (χ3n) is 3.20. The van der Waals surface area contributed by atoms with E-state index >= 15 is 0 Å². The third-order valence-corrected chi connectivity index (χ3v) is 3.44. The Bertz CT molecular complexity index is 369. The largest absolute Gasteiger partial charge is 0.373 e. The lowest BCUT2D eigenvalue weighted by atomic mass is 10.2. The van der Waals surface area contributed by atoms with Crippen molar-refractivity contribution < 1.29 is 0 Å². The van der Waals surface area contributed by atoms with E-state index in [1.807, 2.05) is 18.2 Å². The molecule has 0 saturated carbocycles. The van der Waals surface area contributed by atoms with Crippen LogP contribution in [0.2, 0.25) is 5.02 Å². The summed E-state index contributed by atoms with van der Waals surface area (Å²) < 4.78 is 0. The molecule has 1 aliphatic rings. The number of benzene rings is 1. The van der Waals surface area contributed by atoms with Crippen molar-refractivity contribution in [1.29, 1.82) is 0 Å². The van der Waals surface area contributed by atoms with E-state index < -0.39 is 0 Å². The quantitative estimate of drug-likeness (QED) is 0.884. The zero-order valence-electron chi connectivity index (χ0n) is 10.5. The molecule has 0 spiro atoms. The van der Waals surface area contributed by atoms with Crippen LogP contribution in [0.1, 0.15) is 0 Å². The Kier molecular flexibility index (Phi) is 4.26. The Morgan fingerprint density at radius 1 is 1.53 bits per heavy atom. The SMILES string of the molecule is CN1CCNC(CN(C)c2cccc(Cl)c2)C1. The number of anilines is 1. The molecule has 1 unspecified atom stereocenters. The molecular formula is C13H20ClN3. The van der Waals surface area contributed by atoms with Crippen LogP contribution in [0, 0.1) is 0 Å². The molecule has 0 aliphatic carbocycles. The highest BCUT2D eigenvalue weighted by Crippen LogP contribution is 2.18. The first-order chi connectivity index (χ1) is 8.15. The van der Waals surface area contributed by atoms with E-state index in [4.69, 9.17) is 11.6 Å². The second kappa shape index (κ2) is 5.71. The molecule has 1 aromatic carbocycles. The summed E-state index contributed by atoms with van der Waals surface area (Å²) in [7, 11) is 4.29. The highest BCUT2D eigenvalue weighted by atomic mass is 35.5. The van der Waals surface area contributed by atoms with Gasteiger partial charge in [0, 0.05) is 50.0 Å². The van der Waals surface area contributed by atoms with Crippen LogP contribution in [0.5, 0.6) is 0 Å². The number of piperazine rings is 1. The standard InChI is InChI=1S/C13H20ClN3/c1-16-7-6-15-12(9-16)10-17(2)13-5-3-4-11(14)8-13/h3-5,8,12,15H,6-7,9-10H2,1-2H3. The molecule has 0 radical (unpaired) electrons. The number of likely N-dealkylation sites (N-methyl/N-ethyl adjacent to an activating group) is 2. The summed E-state index contributed by atoms with van der Waals surface area (Å²) >= 11 is 6.00. The van der Waals surface area contributed by atoms with Crippen molar-refractivity contribution in [3.05, 3.63) is 29.3 Å². The van der Waals surface area contributed by atoms with Crippen molar-refractivity contribution >= 4 is 17.3 Å². The minimum atomic E-state index is 0.526. The molecule has 3 nitrogen and oxygen atoms in total. The maximum Gasteiger partial charge on any atom is 0.0426 e. The van der Waals surface area contributed by atoms with Crippen LogP contribution in [0.3, 0.4) is 0 Å². The van der Waals surface area contributed by atoms with Crippen LogP contribution < -0.4 is 10.2 Å². The summed E-state index contributed by atoms with van der Waals surface area (Å²) in [4.78, 5) is 4.62. The fourth-order valence-electron chi connectivity index (χ4n) is 2.26. The fraction of sp³-hybridized carbons (Fsp3) is 0.538. The molecule has 1 saturated heterocycles. The minimum absolute atomic E-state index is 0.526. The van der Waals surface area contributed by atoms with Crippen molar-refractivity contribution in [3.8, 4) is 0 Å². The van der Waals surface area contributed by atoms with Crippen LogP contribution in [0.4, 0.5) is 5.69 Å². The van der Waals surface area contributed by atoms with E-state index in [9.17, 15) is 0 Å². The van der Waals surface area contributed by atoms with Crippen LogP contribution in [0.25, 0.3) is 0 Å². The van der Waals surface area contributed by atoms with Gasteiger partial charge in [-0.3, -0.25) is 0 Å². The lowest BCUT2D eigenvalue weighted by molar-refractivity contribution is 0.241. The summed E-state index contributed by atoms with van der Waals surface area (Å²) in [6, 6.07) is 8.53. The second-order valence-corrected chi connectivity index (χ2v) is 5.21. The summed E-state index contributed by atoms with van der Waals surface area (Å²) in [6.07, 6.45) is 0. The van der Waals surface area contributed by atoms with Gasteiger partial charge < -0.3 is 15.1 Å². The maximum atomic E-state index is 6.00. The monoisotopic (exact) mass is 253 g/mol. The molecule has 1 aromatic rings. The van der Waals surface area contributed by atoms with Gasteiger partial charge in [0.15, 0.2) is 0 Å². The van der Waals surface area contributed by atoms with Gasteiger partial charge in [-0.05, 0) is 25.2 Å². The molecular weight excluding hydrogens is 234 g/mol. The van der Waals surface area contributed by atoms with Gasteiger partial charge in [-0.2, -0.15) is 0 Å². The van der Waals surface area contributed by atoms with Gasteiger partial charge in [-0.25, -0.2) is 0 Å². The van der Waals surface area contributed by atoms with Gasteiger partial charge in [0.05, 0.1) is 0 Å². The summed E-state index contributed by atoms with van der Waals surface area (Å²) in [5.41, 5.74) is 1.17. The molecule has 1 atom stereocenters. The number of halogens is 1. The van der Waals surface area contributed by atoms with Crippen LogP contribution >= 0.6 is 11.6 Å². The van der Waals surface area contributed by atoms with Gasteiger partial charge in [0.1, 0.15) is 0 Å². The van der Waals surface area contributed by atoms with E-state index in [2.05, 4.69) is 35.3 Å². The Balaban J connectivity index is 1.94. The minimum Gasteiger partial charge on any atom is -0.373 e. The van der Waals surface area contributed by atoms with E-state index in [0.717, 1.165) is 31.2 Å². The first-order valence-corrected chi connectivity index (χ1v) is 6.41. The third kappa shape index (κ3) is 3.60. The Morgan fingerprint density at radius 3 is 3.06 bits per heavy atom. The molecule has 1 N–H and O–H groups in total. The molecule has 2 rings (SSSR count). The van der Waals surface area contributed by atoms with Crippen LogP contribution in [0.15, 0.2) is 24.3 Å². The Labute approximate surface area is 108 Å². The average molecular weight is 254 g/mol. The normalized spacial score (nSPS) is 21.5. The number of hydrogen-bond acceptors (Lipinski definition) is 3. The van der Waals surface area contributed by atoms with E-state index in [0.29, 0.717) is 6.04 Å². The van der Waals surface area contributed by atoms with Gasteiger partial charge in [0.2, 0.25) is 0 Å². The molecule has 17 heavy (non-hydrogen) atoms. The maximum absolute atomic E-state index is 6.00. The molecule has 4 heteroatoms. The van der Waals surface area contributed by atoms with Gasteiger partial charge in [-0.15, -0.1) is 0 Å². The van der Waals surface area contributed by atoms with E-state index in [1.54, 1.807) is 0 Å². The molecule has 1 fully saturated rings. The Hall–Kier alpha value is -0.770. The predicted octanol–water partition coefficient (Wildman–Crippen LogP) is 1.68. The average Bonchev–Trinajstić information content (AvgIpc) is 2.29. The second-order valence-electron chi connectivity index (χ2n) is 4.77. The Morgan fingerprint density at radius 2 is 2.35 bits per heavy atom. The van der Waals surface area contributed by atoms with Crippen molar-refractivity contribution in [2.75, 3.05) is 45.2 Å². The predicted molar refractivity (Wildman–Crippen MR) is 74.0 cm³/mol. The smallest absolute Gasteiger partial charge is 0.0426 e. The lowest BCUT2D eigenvalue weighted by Crippen LogP contribution is -2.53. The topological polar surface area (TPSA) is 18.5 Å². The van der Waals surface area contributed by atoms with Gasteiger partial charge in [0.25, 0.3) is 0 Å². The van der Waals surface area contributed by atoms with E-state index in [-0.39, 0.29) is 0 Å². The van der Waals surface area contributed by atoms with Crippen LogP contribution in [-0.4, -0.2) is 51.2 Å². The molecule has 0 bridgehead atoms. The van der Waals surface area contributed by atoms with Crippen molar-refractivity contribution in [1.82, 2.24) is 10.2 Å². The number of hydrogen-bond donors (Lipinski definition) is 1. The first kappa shape index (κ1) is 12.7. The highest BCUT2D eigenvalue weighted by molar-refractivity contribution is 6.30. The number of nitrogens with one attached hydrogen (secondary N) is 1. The van der Waals surface area contributed by atoms with Gasteiger partial charge in [-0.1, -0.05) is 17.7 Å². The summed E-state index contributed by atoms with van der Waals surface area (Å²) in [5, 5.41) is 4.34. The zero-order valence-corrected chi connectivity index (χ0v) is 11.2. The molecule has 94 valence electrons. The van der Waals surface area contributed by atoms with Crippen molar-refractivity contribution in [2.45, 2.75) is 6.04 Å². The fourth-order valence-corrected chi connectivity index (χ4v) is 2.45. The first-order valence-electron chi connectivity index (χ1n) is 6.04.